The number of benzene rings is 2. The molecule has 1 aromatic heterocycles. The van der Waals surface area contributed by atoms with Crippen LogP contribution in [-0.4, -0.2) is 40.2 Å². The van der Waals surface area contributed by atoms with Crippen LogP contribution in [-0.2, 0) is 54.6 Å². The van der Waals surface area contributed by atoms with Crippen LogP contribution in [0.15, 0.2) is 69.4 Å². The molecule has 3 aromatic rings. The highest BCUT2D eigenvalue weighted by Gasteiger charge is 2.39. The van der Waals surface area contributed by atoms with Gasteiger partial charge in [-0.1, -0.05) is 57.1 Å². The van der Waals surface area contributed by atoms with Crippen molar-refractivity contribution < 1.29 is 55.7 Å². The summed E-state index contributed by atoms with van der Waals surface area (Å²) in [6.45, 7) is 6.37. The highest BCUT2D eigenvalue weighted by Crippen LogP contribution is 2.62. The molecule has 0 bridgehead atoms. The Balaban J connectivity index is 0.00000784. The van der Waals surface area contributed by atoms with Crippen molar-refractivity contribution in [2.75, 3.05) is 6.61 Å². The van der Waals surface area contributed by atoms with E-state index in [1.54, 1.807) is 27.7 Å². The van der Waals surface area contributed by atoms with Gasteiger partial charge in [0.2, 0.25) is 0 Å². The molecular weight excluding hydrogens is 754 g/mol. The molecule has 4 atom stereocenters. The Labute approximate surface area is 309 Å². The fraction of sp³-hybridized carbons (Fsp3) is 0.438. The number of esters is 2. The van der Waals surface area contributed by atoms with Crippen LogP contribution in [0.25, 0.3) is 10.4 Å². The molecule has 2 heterocycles. The smallest absolute Gasteiger partial charge is 0.481 e. The van der Waals surface area contributed by atoms with Gasteiger partial charge in [0.05, 0.1) is 43.8 Å². The van der Waals surface area contributed by atoms with Crippen LogP contribution >= 0.6 is 15.6 Å². The number of hydrogen-bond donors (Lipinski definition) is 2. The lowest BCUT2D eigenvalue weighted by atomic mass is 10.1. The Hall–Kier alpha value is -4.45. The average Bonchev–Trinajstić information content (AvgIpc) is 3.50. The highest BCUT2D eigenvalue weighted by atomic mass is 31.3. The molecule has 0 spiro atoms. The number of aryl methyl sites for hydroxylation is 1. The Bertz CT molecular complexity index is 1960. The number of azide groups is 1. The zero-order valence-corrected chi connectivity index (χ0v) is 32.1. The molecule has 0 radical (unpaired) electrons. The predicted octanol–water partition coefficient (Wildman–Crippen LogP) is 5.35. The van der Waals surface area contributed by atoms with E-state index in [9.17, 15) is 33.2 Å². The van der Waals surface area contributed by atoms with E-state index in [0.29, 0.717) is 11.1 Å². The van der Waals surface area contributed by atoms with Crippen molar-refractivity contribution in [3.8, 4) is 11.5 Å². The van der Waals surface area contributed by atoms with Crippen LogP contribution in [0.2, 0.25) is 0 Å². The number of nitrogens with one attached hydrogen (secondary N) is 1. The molecule has 0 saturated carbocycles. The highest BCUT2D eigenvalue weighted by molar-refractivity contribution is 7.61. The molecule has 54 heavy (non-hydrogen) atoms. The number of rotatable bonds is 17. The van der Waals surface area contributed by atoms with Crippen molar-refractivity contribution in [1.29, 1.82) is 0 Å². The van der Waals surface area contributed by atoms with Crippen molar-refractivity contribution in [2.45, 2.75) is 72.6 Å². The van der Waals surface area contributed by atoms with Gasteiger partial charge < -0.3 is 29.8 Å². The summed E-state index contributed by atoms with van der Waals surface area (Å²) >= 11 is 0. The lowest BCUT2D eigenvalue weighted by molar-refractivity contribution is -0.221. The van der Waals surface area contributed by atoms with Gasteiger partial charge in [-0.15, -0.1) is 0 Å². The Morgan fingerprint density at radius 1 is 0.944 bits per heavy atom. The van der Waals surface area contributed by atoms with Gasteiger partial charge in [0.15, 0.2) is 0 Å². The van der Waals surface area contributed by atoms with Gasteiger partial charge >= 0.3 is 25.5 Å². The molecule has 1 saturated heterocycles. The Morgan fingerprint density at radius 2 is 1.44 bits per heavy atom. The van der Waals surface area contributed by atoms with Crippen LogP contribution in [0.3, 0.4) is 0 Å². The molecule has 1 aliphatic rings. The summed E-state index contributed by atoms with van der Waals surface area (Å²) in [6.07, 6.45) is -1.13. The van der Waals surface area contributed by atoms with Crippen molar-refractivity contribution in [1.82, 2.24) is 15.7 Å². The summed E-state index contributed by atoms with van der Waals surface area (Å²) in [5.41, 5.74) is 8.58. The normalized spacial score (nSPS) is 18.0. The molecule has 0 aliphatic carbocycles. The number of carbonyl (C=O) groups excluding carboxylic acids is 2. The number of ether oxygens (including phenoxy) is 3. The van der Waals surface area contributed by atoms with Gasteiger partial charge in [0, 0.05) is 23.1 Å². The molecule has 5 N–H and O–H groups in total. The fourth-order valence-electron chi connectivity index (χ4n) is 4.50. The zero-order chi connectivity index (χ0) is 38.9. The van der Waals surface area contributed by atoms with Gasteiger partial charge in [-0.2, -0.15) is 0 Å². The molecule has 294 valence electrons. The third-order valence-corrected chi connectivity index (χ3v) is 10.4. The van der Waals surface area contributed by atoms with Crippen LogP contribution in [0, 0.1) is 18.8 Å². The quantitative estimate of drug-likeness (QED) is 0.0434. The van der Waals surface area contributed by atoms with E-state index in [2.05, 4.69) is 15.0 Å². The van der Waals surface area contributed by atoms with E-state index in [4.69, 9.17) is 37.6 Å². The number of aromatic nitrogens is 2. The minimum Gasteiger partial charge on any atom is -0.756 e. The van der Waals surface area contributed by atoms with Gasteiger partial charge in [0.25, 0.3) is 13.4 Å². The van der Waals surface area contributed by atoms with Gasteiger partial charge in [0.1, 0.15) is 17.7 Å². The third-order valence-electron chi connectivity index (χ3n) is 7.46. The second-order valence-electron chi connectivity index (χ2n) is 12.4. The van der Waals surface area contributed by atoms with Crippen molar-refractivity contribution >= 4 is 27.6 Å². The fourth-order valence-corrected chi connectivity index (χ4v) is 7.07. The molecule has 22 heteroatoms. The summed E-state index contributed by atoms with van der Waals surface area (Å²) in [7, 11) is -10.6. The first kappa shape index (κ1) is 44.0. The third kappa shape index (κ3) is 12.6. The van der Waals surface area contributed by atoms with E-state index < -0.39 is 77.0 Å². The maximum atomic E-state index is 13.8. The predicted molar refractivity (Wildman–Crippen MR) is 189 cm³/mol. The summed E-state index contributed by atoms with van der Waals surface area (Å²) in [4.78, 5) is 66.0. The van der Waals surface area contributed by atoms with E-state index in [-0.39, 0.29) is 41.5 Å². The molecule has 4 rings (SSSR count). The maximum absolute atomic E-state index is 13.8. The number of H-pyrrole nitrogens is 1. The monoisotopic (exact) mass is 796 g/mol. The number of nitrogens with zero attached hydrogens (tertiary/aromatic N) is 4. The number of hydrogen-bond acceptors (Lipinski definition) is 15. The van der Waals surface area contributed by atoms with Crippen molar-refractivity contribution in [2.24, 2.45) is 17.0 Å². The van der Waals surface area contributed by atoms with E-state index in [0.717, 1.165) is 4.57 Å². The van der Waals surface area contributed by atoms with Gasteiger partial charge in [-0.3, -0.25) is 37.5 Å². The summed E-state index contributed by atoms with van der Waals surface area (Å²) in [5.74, 6) is -1.18. The SMILES string of the molecule is Cc1cn([C@H]2C[C@H](N=[N+]=[N-])[C@@H](COP(=O)([O-])OP(=O)(OCc3ccc(OC(=O)C(C)C)cc3)OCc3ccc(OC(=O)C(C)C)cc3)O2)c(=O)[nH]c1=O.[NH4+]. The lowest BCUT2D eigenvalue weighted by Crippen LogP contribution is -2.33. The number of phosphoric ester groups is 2. The molecule has 1 unspecified atom stereocenters. The van der Waals surface area contributed by atoms with E-state index in [1.807, 2.05) is 0 Å². The molecule has 0 amide bonds. The van der Waals surface area contributed by atoms with Gasteiger partial charge in [-0.25, -0.2) is 13.7 Å². The first-order chi connectivity index (χ1) is 25.0. The Morgan fingerprint density at radius 3 is 1.91 bits per heavy atom. The molecular formula is C32H42N6O14P2. The average molecular weight is 797 g/mol. The molecule has 1 fully saturated rings. The first-order valence-electron chi connectivity index (χ1n) is 16.2. The summed E-state index contributed by atoms with van der Waals surface area (Å²) < 4.78 is 64.9. The molecule has 2 aromatic carbocycles. The van der Waals surface area contributed by atoms with E-state index >= 15 is 0 Å². The molecule has 1 aliphatic heterocycles. The molecule has 20 nitrogen and oxygen atoms in total. The first-order valence-corrected chi connectivity index (χ1v) is 19.1. The zero-order valence-electron chi connectivity index (χ0n) is 30.3. The number of phosphoric acid groups is 2. The maximum Gasteiger partial charge on any atom is 0.481 e. The van der Waals surface area contributed by atoms with Gasteiger partial charge in [-0.05, 0) is 47.8 Å². The number of aromatic amines is 1. The van der Waals surface area contributed by atoms with Crippen LogP contribution in [0.4, 0.5) is 0 Å². The summed E-state index contributed by atoms with van der Waals surface area (Å²) in [5, 5.41) is 3.61. The minimum atomic E-state index is -5.55. The number of quaternary nitrogens is 1. The minimum absolute atomic E-state index is 0. The summed E-state index contributed by atoms with van der Waals surface area (Å²) in [6, 6.07) is 10.7. The second kappa shape index (κ2) is 19.2. The number of carbonyl (C=O) groups is 2. The topological polar surface area (TPSA) is 296 Å². The van der Waals surface area contributed by atoms with Crippen molar-refractivity contribution in [3.63, 3.8) is 0 Å². The lowest BCUT2D eigenvalue weighted by Gasteiger charge is -2.28. The second-order valence-corrected chi connectivity index (χ2v) is 15.6. The largest absolute Gasteiger partial charge is 0.756 e. The Kier molecular flexibility index (Phi) is 15.7. The van der Waals surface area contributed by atoms with Crippen LogP contribution in [0.1, 0.15) is 57.0 Å². The standard InChI is InChI=1S/C32H39N5O14P2.H3N/c1-19(2)30(39)48-24-10-6-22(7-11-24)16-46-53(44,47-17-23-8-12-25(13-9-23)49-31(40)20(3)4)51-52(42,43)45-18-27-26(35-36-33)14-28(50-27)37-15-21(5)29(38)34-32(37)41;/h6-13,15,19-20,26-28H,14,16-18H2,1-5H3,(H,42,43)(H,34,38,41);1H3/t26-,27+,28+;/m0./s1. The van der Waals surface area contributed by atoms with Crippen molar-refractivity contribution in [3.05, 3.63) is 103 Å². The van der Waals surface area contributed by atoms with E-state index in [1.165, 1.54) is 61.7 Å². The van der Waals surface area contributed by atoms with Crippen LogP contribution in [0.5, 0.6) is 11.5 Å². The van der Waals surface area contributed by atoms with Crippen LogP contribution < -0.4 is 31.8 Å².